The normalized spacial score (nSPS) is 27.2. The van der Waals surface area contributed by atoms with Crippen molar-refractivity contribution < 1.29 is 0 Å². The van der Waals surface area contributed by atoms with Crippen LogP contribution in [0.15, 0.2) is 36.5 Å². The summed E-state index contributed by atoms with van der Waals surface area (Å²) >= 11 is 0. The van der Waals surface area contributed by atoms with Crippen molar-refractivity contribution in [2.75, 3.05) is 13.1 Å². The van der Waals surface area contributed by atoms with Crippen LogP contribution < -0.4 is 5.73 Å². The molecule has 1 saturated heterocycles. The first-order chi connectivity index (χ1) is 9.85. The molecule has 1 saturated carbocycles. The van der Waals surface area contributed by atoms with E-state index >= 15 is 0 Å². The largest absolute Gasteiger partial charge is 0.329 e. The second-order valence-corrected chi connectivity index (χ2v) is 6.24. The average molecular weight is 267 g/mol. The number of fused-ring (bicyclic) bond motifs is 3. The molecule has 2 aliphatic rings. The number of hydrogen-bond donors (Lipinski definition) is 1. The number of nitrogens with two attached hydrogens (primary N) is 1. The molecule has 1 aliphatic carbocycles. The van der Waals surface area contributed by atoms with Crippen molar-refractivity contribution >= 4 is 10.9 Å². The molecule has 3 heteroatoms. The lowest BCUT2D eigenvalue weighted by Crippen LogP contribution is -2.39. The van der Waals surface area contributed by atoms with Gasteiger partial charge in [-0.2, -0.15) is 0 Å². The van der Waals surface area contributed by atoms with Gasteiger partial charge in [0.2, 0.25) is 0 Å². The van der Waals surface area contributed by atoms with Crippen molar-refractivity contribution in [3.8, 4) is 0 Å². The van der Waals surface area contributed by atoms with Crippen molar-refractivity contribution in [3.63, 3.8) is 0 Å². The summed E-state index contributed by atoms with van der Waals surface area (Å²) in [6.07, 6.45) is 6.00. The summed E-state index contributed by atoms with van der Waals surface area (Å²) in [7, 11) is 0. The van der Waals surface area contributed by atoms with Crippen LogP contribution in [-0.2, 0) is 0 Å². The molecule has 2 N–H and O–H groups in total. The summed E-state index contributed by atoms with van der Waals surface area (Å²) in [6, 6.07) is 11.9. The average Bonchev–Trinajstić information content (AvgIpc) is 3.11. The lowest BCUT2D eigenvalue weighted by atomic mass is 10.00. The van der Waals surface area contributed by atoms with Gasteiger partial charge in [-0.1, -0.05) is 12.1 Å². The Morgan fingerprint density at radius 2 is 2.25 bits per heavy atom. The van der Waals surface area contributed by atoms with Crippen LogP contribution in [0, 0.1) is 5.92 Å². The highest BCUT2D eigenvalue weighted by molar-refractivity contribution is 5.79. The van der Waals surface area contributed by atoms with Crippen molar-refractivity contribution in [1.82, 2.24) is 9.88 Å². The van der Waals surface area contributed by atoms with E-state index < -0.39 is 0 Å². The van der Waals surface area contributed by atoms with Gasteiger partial charge in [0.15, 0.2) is 0 Å². The molecule has 1 aromatic heterocycles. The van der Waals surface area contributed by atoms with E-state index in [1.165, 1.54) is 36.8 Å². The molecule has 3 unspecified atom stereocenters. The van der Waals surface area contributed by atoms with Gasteiger partial charge in [0.25, 0.3) is 0 Å². The lowest BCUT2D eigenvalue weighted by molar-refractivity contribution is 0.153. The first-order valence-electron chi connectivity index (χ1n) is 7.65. The maximum absolute atomic E-state index is 6.10. The van der Waals surface area contributed by atoms with Crippen LogP contribution >= 0.6 is 0 Å². The van der Waals surface area contributed by atoms with Gasteiger partial charge in [-0.05, 0) is 48.9 Å². The summed E-state index contributed by atoms with van der Waals surface area (Å²) in [4.78, 5) is 7.04. The second kappa shape index (κ2) is 4.83. The van der Waals surface area contributed by atoms with Crippen LogP contribution in [0.3, 0.4) is 0 Å². The minimum Gasteiger partial charge on any atom is -0.329 e. The molecule has 1 aliphatic heterocycles. The molecule has 2 aromatic rings. The highest BCUT2D eigenvalue weighted by Crippen LogP contribution is 2.41. The van der Waals surface area contributed by atoms with Gasteiger partial charge in [-0.15, -0.1) is 0 Å². The van der Waals surface area contributed by atoms with Gasteiger partial charge in [-0.25, -0.2) is 0 Å². The monoisotopic (exact) mass is 267 g/mol. The zero-order valence-electron chi connectivity index (χ0n) is 11.7. The quantitative estimate of drug-likeness (QED) is 0.929. The molecule has 3 nitrogen and oxygen atoms in total. The highest BCUT2D eigenvalue weighted by Gasteiger charge is 2.40. The number of nitrogens with zero attached hydrogens (tertiary/aromatic N) is 2. The van der Waals surface area contributed by atoms with Gasteiger partial charge >= 0.3 is 0 Å². The van der Waals surface area contributed by atoms with Crippen molar-refractivity contribution in [2.24, 2.45) is 11.7 Å². The summed E-state index contributed by atoms with van der Waals surface area (Å²) in [5.74, 6) is 0.913. The van der Waals surface area contributed by atoms with Crippen LogP contribution in [0.5, 0.6) is 0 Å². The molecule has 104 valence electrons. The number of rotatable bonds is 3. The molecular weight excluding hydrogens is 246 g/mol. The van der Waals surface area contributed by atoms with Crippen LogP contribution in [0.4, 0.5) is 0 Å². The Morgan fingerprint density at radius 3 is 3.00 bits per heavy atom. The molecule has 0 radical (unpaired) electrons. The fourth-order valence-corrected chi connectivity index (χ4v) is 4.11. The van der Waals surface area contributed by atoms with Gasteiger partial charge < -0.3 is 5.73 Å². The van der Waals surface area contributed by atoms with Crippen molar-refractivity contribution in [3.05, 3.63) is 42.1 Å². The Hall–Kier alpha value is -1.45. The van der Waals surface area contributed by atoms with E-state index in [0.29, 0.717) is 12.6 Å². The van der Waals surface area contributed by atoms with E-state index in [1.807, 2.05) is 12.3 Å². The number of piperidine rings is 1. The van der Waals surface area contributed by atoms with E-state index in [9.17, 15) is 0 Å². The molecule has 2 fully saturated rings. The van der Waals surface area contributed by atoms with Crippen LogP contribution in [0.1, 0.15) is 30.9 Å². The molecule has 2 heterocycles. The minimum atomic E-state index is 0.370. The maximum Gasteiger partial charge on any atom is 0.0702 e. The molecular formula is C17H21N3. The fourth-order valence-electron chi connectivity index (χ4n) is 4.11. The molecule has 0 spiro atoms. The van der Waals surface area contributed by atoms with E-state index in [1.54, 1.807) is 0 Å². The van der Waals surface area contributed by atoms with E-state index in [0.717, 1.165) is 17.5 Å². The van der Waals surface area contributed by atoms with Crippen molar-refractivity contribution in [2.45, 2.75) is 31.3 Å². The minimum absolute atomic E-state index is 0.370. The Labute approximate surface area is 119 Å². The maximum atomic E-state index is 6.10. The van der Waals surface area contributed by atoms with E-state index in [-0.39, 0.29) is 0 Å². The molecule has 0 amide bonds. The highest BCUT2D eigenvalue weighted by atomic mass is 15.2. The third-order valence-electron chi connectivity index (χ3n) is 5.09. The topological polar surface area (TPSA) is 42.1 Å². The molecule has 1 aromatic carbocycles. The van der Waals surface area contributed by atoms with E-state index in [2.05, 4.69) is 34.1 Å². The molecule has 3 atom stereocenters. The van der Waals surface area contributed by atoms with Gasteiger partial charge in [0.1, 0.15) is 0 Å². The predicted octanol–water partition coefficient (Wildman–Crippen LogP) is 2.72. The summed E-state index contributed by atoms with van der Waals surface area (Å²) in [5.41, 5.74) is 8.52. The number of hydrogen-bond acceptors (Lipinski definition) is 3. The Morgan fingerprint density at radius 1 is 1.30 bits per heavy atom. The molecule has 2 bridgehead atoms. The SMILES string of the molecule is NCC(c1ccc2ncccc2c1)N1CC2CCC1C2. The van der Waals surface area contributed by atoms with Crippen LogP contribution in [-0.4, -0.2) is 29.0 Å². The first-order valence-corrected chi connectivity index (χ1v) is 7.65. The third kappa shape index (κ3) is 1.93. The standard InChI is InChI=1S/C17H21N3/c18-10-17(20-11-12-3-5-15(20)8-12)14-4-6-16-13(9-14)2-1-7-19-16/h1-2,4,6-7,9,12,15,17H,3,5,8,10-11,18H2. The van der Waals surface area contributed by atoms with Crippen LogP contribution in [0.2, 0.25) is 0 Å². The number of pyridine rings is 1. The zero-order chi connectivity index (χ0) is 13.5. The van der Waals surface area contributed by atoms with Crippen molar-refractivity contribution in [1.29, 1.82) is 0 Å². The Balaban J connectivity index is 1.68. The number of benzene rings is 1. The number of aromatic nitrogens is 1. The fraction of sp³-hybridized carbons (Fsp3) is 0.471. The zero-order valence-corrected chi connectivity index (χ0v) is 11.7. The van der Waals surface area contributed by atoms with Gasteiger partial charge in [0, 0.05) is 36.8 Å². The van der Waals surface area contributed by atoms with E-state index in [4.69, 9.17) is 5.73 Å². The summed E-state index contributed by atoms with van der Waals surface area (Å²) < 4.78 is 0. The van der Waals surface area contributed by atoms with Gasteiger partial charge in [0.05, 0.1) is 5.52 Å². The van der Waals surface area contributed by atoms with Gasteiger partial charge in [-0.3, -0.25) is 9.88 Å². The smallest absolute Gasteiger partial charge is 0.0702 e. The first kappa shape index (κ1) is 12.3. The third-order valence-corrected chi connectivity index (χ3v) is 5.09. The Kier molecular flexibility index (Phi) is 2.97. The molecule has 20 heavy (non-hydrogen) atoms. The lowest BCUT2D eigenvalue weighted by Gasteiger charge is -2.34. The predicted molar refractivity (Wildman–Crippen MR) is 81.4 cm³/mol. The number of likely N-dealkylation sites (tertiary alicyclic amines) is 1. The second-order valence-electron chi connectivity index (χ2n) is 6.24. The molecule has 4 rings (SSSR count). The van der Waals surface area contributed by atoms with Crippen LogP contribution in [0.25, 0.3) is 10.9 Å². The summed E-state index contributed by atoms with van der Waals surface area (Å²) in [6.45, 7) is 1.94. The Bertz CT molecular complexity index is 624. The summed E-state index contributed by atoms with van der Waals surface area (Å²) in [5, 5.41) is 1.22.